The first kappa shape index (κ1) is 21.3. The number of nitrogens with one attached hydrogen (secondary N) is 1. The number of benzene rings is 3. The molecule has 6 nitrogen and oxygen atoms in total. The van der Waals surface area contributed by atoms with Crippen molar-refractivity contribution in [3.8, 4) is 11.3 Å². The quantitative estimate of drug-likeness (QED) is 0.303. The van der Waals surface area contributed by atoms with Crippen molar-refractivity contribution >= 4 is 40.2 Å². The molecular weight excluding hydrogens is 447 g/mol. The molecule has 0 fully saturated rings. The normalized spacial score (nSPS) is 10.9. The minimum absolute atomic E-state index is 0.190. The summed E-state index contributed by atoms with van der Waals surface area (Å²) in [6, 6.07) is 11.0. The number of hydrogen-bond donors (Lipinski definition) is 2. The number of halogens is 4. The van der Waals surface area contributed by atoms with Gasteiger partial charge in [-0.1, -0.05) is 23.7 Å². The molecule has 0 aliphatic heterocycles. The van der Waals surface area contributed by atoms with E-state index in [0.717, 1.165) is 0 Å². The number of amides is 1. The molecule has 1 heterocycles. The molecule has 1 amide bonds. The second kappa shape index (κ2) is 8.27. The minimum atomic E-state index is -1.73. The molecule has 2 N–H and O–H groups in total. The first-order valence-corrected chi connectivity index (χ1v) is 9.37. The first-order chi connectivity index (χ1) is 15.2. The Morgan fingerprint density at radius 3 is 2.34 bits per heavy atom. The van der Waals surface area contributed by atoms with Gasteiger partial charge in [-0.2, -0.15) is 0 Å². The molecule has 0 saturated carbocycles. The molecule has 10 heteroatoms. The van der Waals surface area contributed by atoms with E-state index in [4.69, 9.17) is 16.7 Å². The molecule has 0 radical (unpaired) electrons. The Morgan fingerprint density at radius 2 is 1.66 bits per heavy atom. The molecule has 0 aliphatic carbocycles. The average molecular weight is 458 g/mol. The molecule has 3 aromatic carbocycles. The molecule has 32 heavy (non-hydrogen) atoms. The van der Waals surface area contributed by atoms with Gasteiger partial charge < -0.3 is 5.11 Å². The summed E-state index contributed by atoms with van der Waals surface area (Å²) in [5.41, 5.74) is -0.468. The standard InChI is InChI=1S/C22H11ClF3N3O3/c23-12-4-1-10(2-5-12)17-9-27-14-6-3-11(7-15(14)28-17)21(30)18-19(25)13(24)8-16(20(18)26)29-22(31)32/h1-9,29H,(H,31,32). The van der Waals surface area contributed by atoms with Crippen LogP contribution in [-0.4, -0.2) is 27.0 Å². The van der Waals surface area contributed by atoms with Crippen LogP contribution in [0.4, 0.5) is 23.7 Å². The maximum Gasteiger partial charge on any atom is 0.409 e. The Balaban J connectivity index is 1.80. The number of hydrogen-bond acceptors (Lipinski definition) is 4. The number of nitrogens with zero attached hydrogens (tertiary/aromatic N) is 2. The fourth-order valence-corrected chi connectivity index (χ4v) is 3.19. The van der Waals surface area contributed by atoms with Crippen LogP contribution >= 0.6 is 11.6 Å². The van der Waals surface area contributed by atoms with Gasteiger partial charge in [-0.3, -0.25) is 15.1 Å². The van der Waals surface area contributed by atoms with Crippen molar-refractivity contribution in [2.45, 2.75) is 0 Å². The molecule has 0 aliphatic rings. The molecule has 0 spiro atoms. The van der Waals surface area contributed by atoms with E-state index in [1.54, 1.807) is 29.6 Å². The van der Waals surface area contributed by atoms with Crippen molar-refractivity contribution in [1.82, 2.24) is 9.97 Å². The van der Waals surface area contributed by atoms with Crippen molar-refractivity contribution in [2.24, 2.45) is 0 Å². The summed E-state index contributed by atoms with van der Waals surface area (Å²) < 4.78 is 42.9. The van der Waals surface area contributed by atoms with E-state index < -0.39 is 40.6 Å². The van der Waals surface area contributed by atoms with Crippen LogP contribution in [0.5, 0.6) is 0 Å². The van der Waals surface area contributed by atoms with Crippen molar-refractivity contribution < 1.29 is 27.9 Å². The lowest BCUT2D eigenvalue weighted by Gasteiger charge is -2.10. The highest BCUT2D eigenvalue weighted by Gasteiger charge is 2.26. The fraction of sp³-hybridized carbons (Fsp3) is 0. The highest BCUT2D eigenvalue weighted by molar-refractivity contribution is 6.30. The topological polar surface area (TPSA) is 92.2 Å². The van der Waals surface area contributed by atoms with E-state index in [0.29, 0.717) is 27.9 Å². The van der Waals surface area contributed by atoms with E-state index in [1.807, 2.05) is 0 Å². The summed E-state index contributed by atoms with van der Waals surface area (Å²) in [5.74, 6) is -6.03. The highest BCUT2D eigenvalue weighted by Crippen LogP contribution is 2.28. The SMILES string of the molecule is O=C(O)Nc1cc(F)c(F)c(C(=O)c2ccc3ncc(-c4ccc(Cl)cc4)nc3c2)c1F. The van der Waals surface area contributed by atoms with Crippen LogP contribution in [0.15, 0.2) is 54.7 Å². The largest absolute Gasteiger partial charge is 0.465 e. The molecule has 0 saturated heterocycles. The number of fused-ring (bicyclic) bond motifs is 1. The number of carboxylic acid groups (broad SMARTS) is 1. The lowest BCUT2D eigenvalue weighted by atomic mass is 10.0. The summed E-state index contributed by atoms with van der Waals surface area (Å²) in [6.07, 6.45) is -0.188. The molecule has 0 unspecified atom stereocenters. The van der Waals surface area contributed by atoms with Crippen LogP contribution in [0.1, 0.15) is 15.9 Å². The Morgan fingerprint density at radius 1 is 0.938 bits per heavy atom. The number of anilines is 1. The van der Waals surface area contributed by atoms with Gasteiger partial charge in [0.25, 0.3) is 0 Å². The third kappa shape index (κ3) is 3.97. The number of ketones is 1. The van der Waals surface area contributed by atoms with Crippen LogP contribution < -0.4 is 5.32 Å². The summed E-state index contributed by atoms with van der Waals surface area (Å²) in [4.78, 5) is 32.3. The third-order valence-electron chi connectivity index (χ3n) is 4.57. The molecule has 4 aromatic rings. The summed E-state index contributed by atoms with van der Waals surface area (Å²) >= 11 is 5.89. The molecule has 0 atom stereocenters. The van der Waals surface area contributed by atoms with Gasteiger partial charge in [0.05, 0.1) is 34.2 Å². The maximum atomic E-state index is 14.6. The zero-order chi connectivity index (χ0) is 23.0. The van der Waals surface area contributed by atoms with Gasteiger partial charge in [0.15, 0.2) is 23.2 Å². The Bertz CT molecular complexity index is 1400. The maximum absolute atomic E-state index is 14.6. The van der Waals surface area contributed by atoms with E-state index in [-0.39, 0.29) is 11.1 Å². The Hall–Kier alpha value is -3.98. The summed E-state index contributed by atoms with van der Waals surface area (Å²) in [5, 5.41) is 10.9. The highest BCUT2D eigenvalue weighted by atomic mass is 35.5. The smallest absolute Gasteiger partial charge is 0.409 e. The van der Waals surface area contributed by atoms with Crippen LogP contribution in [0.25, 0.3) is 22.3 Å². The Labute approximate surface area is 183 Å². The zero-order valence-electron chi connectivity index (χ0n) is 15.9. The third-order valence-corrected chi connectivity index (χ3v) is 4.82. The van der Waals surface area contributed by atoms with Gasteiger partial charge >= 0.3 is 6.09 Å². The lowest BCUT2D eigenvalue weighted by Crippen LogP contribution is -2.15. The van der Waals surface area contributed by atoms with Crippen LogP contribution in [-0.2, 0) is 0 Å². The number of rotatable bonds is 4. The number of aromatic nitrogens is 2. The predicted molar refractivity (Wildman–Crippen MR) is 111 cm³/mol. The molecular formula is C22H11ClF3N3O3. The number of carbonyl (C=O) groups excluding carboxylic acids is 1. The predicted octanol–water partition coefficient (Wildman–Crippen LogP) is 5.69. The average Bonchev–Trinajstić information content (AvgIpc) is 2.77. The second-order valence-electron chi connectivity index (χ2n) is 6.63. The van der Waals surface area contributed by atoms with Crippen molar-refractivity contribution in [3.63, 3.8) is 0 Å². The molecule has 0 bridgehead atoms. The van der Waals surface area contributed by atoms with Crippen molar-refractivity contribution in [1.29, 1.82) is 0 Å². The molecule has 4 rings (SSSR count). The van der Waals surface area contributed by atoms with Gasteiger partial charge in [-0.15, -0.1) is 0 Å². The van der Waals surface area contributed by atoms with E-state index in [1.165, 1.54) is 24.4 Å². The molecule has 160 valence electrons. The van der Waals surface area contributed by atoms with Gasteiger partial charge in [0.1, 0.15) is 0 Å². The van der Waals surface area contributed by atoms with E-state index >= 15 is 0 Å². The lowest BCUT2D eigenvalue weighted by molar-refractivity contribution is 0.103. The fourth-order valence-electron chi connectivity index (χ4n) is 3.07. The number of carbonyl (C=O) groups is 2. The van der Waals surface area contributed by atoms with Crippen molar-refractivity contribution in [2.75, 3.05) is 5.32 Å². The van der Waals surface area contributed by atoms with Gasteiger partial charge in [0.2, 0.25) is 0 Å². The van der Waals surface area contributed by atoms with Gasteiger partial charge in [-0.05, 0) is 30.3 Å². The zero-order valence-corrected chi connectivity index (χ0v) is 16.6. The minimum Gasteiger partial charge on any atom is -0.465 e. The second-order valence-corrected chi connectivity index (χ2v) is 7.07. The van der Waals surface area contributed by atoms with Crippen LogP contribution in [0.3, 0.4) is 0 Å². The summed E-state index contributed by atoms with van der Waals surface area (Å²) in [7, 11) is 0. The Kier molecular flexibility index (Phi) is 5.50. The van der Waals surface area contributed by atoms with Crippen molar-refractivity contribution in [3.05, 3.63) is 88.3 Å². The first-order valence-electron chi connectivity index (χ1n) is 8.99. The summed E-state index contributed by atoms with van der Waals surface area (Å²) in [6.45, 7) is 0. The van der Waals surface area contributed by atoms with Gasteiger partial charge in [0, 0.05) is 22.2 Å². The van der Waals surface area contributed by atoms with E-state index in [2.05, 4.69) is 9.97 Å². The van der Waals surface area contributed by atoms with E-state index in [9.17, 15) is 22.8 Å². The monoisotopic (exact) mass is 457 g/mol. The van der Waals surface area contributed by atoms with Gasteiger partial charge in [-0.25, -0.2) is 22.9 Å². The molecule has 1 aromatic heterocycles. The van der Waals surface area contributed by atoms with Crippen LogP contribution in [0.2, 0.25) is 5.02 Å². The van der Waals surface area contributed by atoms with Crippen LogP contribution in [0, 0.1) is 17.5 Å².